The van der Waals surface area contributed by atoms with Crippen LogP contribution in [0.2, 0.25) is 0 Å². The second-order valence-corrected chi connectivity index (χ2v) is 14.1. The van der Waals surface area contributed by atoms with E-state index >= 15 is 0 Å². The van der Waals surface area contributed by atoms with Crippen molar-refractivity contribution in [3.63, 3.8) is 0 Å². The fraction of sp³-hybridized carbons (Fsp3) is 0.781. The van der Waals surface area contributed by atoms with Crippen LogP contribution < -0.4 is 4.90 Å². The molecule has 10 atom stereocenters. The molecule has 1 aromatic rings. The van der Waals surface area contributed by atoms with Crippen molar-refractivity contribution in [2.24, 2.45) is 46.3 Å². The quantitative estimate of drug-likeness (QED) is 0.521. The lowest BCUT2D eigenvalue weighted by molar-refractivity contribution is -0.174. The predicted octanol–water partition coefficient (Wildman–Crippen LogP) is 6.25. The lowest BCUT2D eigenvalue weighted by atomic mass is 9.43. The van der Waals surface area contributed by atoms with E-state index in [0.29, 0.717) is 41.9 Å². The van der Waals surface area contributed by atoms with Gasteiger partial charge in [-0.3, -0.25) is 4.79 Å². The highest BCUT2D eigenvalue weighted by Crippen LogP contribution is 2.68. The van der Waals surface area contributed by atoms with Gasteiger partial charge in [-0.2, -0.15) is 0 Å². The summed E-state index contributed by atoms with van der Waals surface area (Å²) in [6, 6.07) is 6.41. The van der Waals surface area contributed by atoms with Gasteiger partial charge in [0.2, 0.25) is 5.91 Å². The number of aliphatic hydroxyl groups is 2. The van der Waals surface area contributed by atoms with Gasteiger partial charge in [0.05, 0.1) is 18.8 Å². The molecule has 0 aromatic heterocycles. The molecule has 0 bridgehead atoms. The van der Waals surface area contributed by atoms with Crippen LogP contribution in [0.4, 0.5) is 5.69 Å². The van der Waals surface area contributed by atoms with Gasteiger partial charge in [-0.25, -0.2) is 0 Å². The van der Waals surface area contributed by atoms with Gasteiger partial charge in [0.1, 0.15) is 0 Å². The molecule has 4 saturated carbocycles. The second-order valence-electron chi connectivity index (χ2n) is 14.1. The van der Waals surface area contributed by atoms with Gasteiger partial charge in [0.15, 0.2) is 0 Å². The van der Waals surface area contributed by atoms with Crippen LogP contribution in [0, 0.1) is 53.3 Å². The number of anilines is 1. The zero-order valence-electron chi connectivity index (χ0n) is 22.9. The number of carbonyl (C=O) groups excluding carboxylic acids is 1. The molecule has 4 fully saturated rings. The van der Waals surface area contributed by atoms with Crippen molar-refractivity contribution < 1.29 is 15.0 Å². The van der Waals surface area contributed by atoms with Gasteiger partial charge in [-0.05, 0) is 123 Å². The second kappa shape index (κ2) is 8.83. The minimum Gasteiger partial charge on any atom is -0.393 e. The molecule has 1 amide bonds. The SMILES string of the molecule is Cc1ccc2c(c1)CN2C(=O)CC[C@@H](C)[C@H]1CC[C@H]2[C@@H]3[C@H](O)C[C@@H]4C[C@H](O)CC[C@]4(C)[C@H]3CC[C@]12C. The van der Waals surface area contributed by atoms with Crippen molar-refractivity contribution in [3.8, 4) is 0 Å². The Hall–Kier alpha value is -1.39. The maximum Gasteiger partial charge on any atom is 0.227 e. The average Bonchev–Trinajstić information content (AvgIpc) is 3.17. The van der Waals surface area contributed by atoms with E-state index in [-0.39, 0.29) is 28.9 Å². The Morgan fingerprint density at radius 3 is 2.58 bits per heavy atom. The van der Waals surface area contributed by atoms with Crippen molar-refractivity contribution in [3.05, 3.63) is 29.3 Å². The lowest BCUT2D eigenvalue weighted by Crippen LogP contribution is -2.58. The number of benzene rings is 1. The van der Waals surface area contributed by atoms with Gasteiger partial charge in [-0.1, -0.05) is 38.5 Å². The van der Waals surface area contributed by atoms with Gasteiger partial charge in [-0.15, -0.1) is 0 Å². The van der Waals surface area contributed by atoms with Crippen molar-refractivity contribution in [2.75, 3.05) is 4.90 Å². The van der Waals surface area contributed by atoms with Crippen LogP contribution in [0.1, 0.15) is 96.1 Å². The van der Waals surface area contributed by atoms with E-state index < -0.39 is 0 Å². The molecule has 4 heteroatoms. The molecule has 2 N–H and O–H groups in total. The molecular weight excluding hydrogens is 446 g/mol. The van der Waals surface area contributed by atoms with Gasteiger partial charge >= 0.3 is 0 Å². The van der Waals surface area contributed by atoms with Crippen molar-refractivity contribution in [1.29, 1.82) is 0 Å². The molecule has 1 aliphatic heterocycles. The van der Waals surface area contributed by atoms with Crippen LogP contribution in [-0.4, -0.2) is 28.3 Å². The first-order valence-corrected chi connectivity index (χ1v) is 14.9. The minimum absolute atomic E-state index is 0.172. The van der Waals surface area contributed by atoms with E-state index in [2.05, 4.69) is 45.9 Å². The molecular formula is C32H47NO3. The summed E-state index contributed by atoms with van der Waals surface area (Å²) in [5.74, 6) is 3.55. The number of rotatable bonds is 4. The lowest BCUT2D eigenvalue weighted by Gasteiger charge is -2.62. The summed E-state index contributed by atoms with van der Waals surface area (Å²) in [7, 11) is 0. The summed E-state index contributed by atoms with van der Waals surface area (Å²) in [5, 5.41) is 21.8. The van der Waals surface area contributed by atoms with Gasteiger partial charge < -0.3 is 15.1 Å². The number of nitrogens with zero attached hydrogens (tertiary/aromatic N) is 1. The number of amides is 1. The highest BCUT2D eigenvalue weighted by molar-refractivity contribution is 5.97. The van der Waals surface area contributed by atoms with E-state index in [1.807, 2.05) is 4.90 Å². The zero-order chi connectivity index (χ0) is 25.4. The summed E-state index contributed by atoms with van der Waals surface area (Å²) in [4.78, 5) is 15.0. The highest BCUT2D eigenvalue weighted by atomic mass is 16.3. The van der Waals surface area contributed by atoms with Gasteiger partial charge in [0, 0.05) is 12.1 Å². The topological polar surface area (TPSA) is 60.8 Å². The van der Waals surface area contributed by atoms with E-state index in [9.17, 15) is 15.0 Å². The molecule has 0 spiro atoms. The summed E-state index contributed by atoms with van der Waals surface area (Å²) >= 11 is 0. The number of carbonyl (C=O) groups is 1. The van der Waals surface area contributed by atoms with Crippen LogP contribution in [0.15, 0.2) is 18.2 Å². The van der Waals surface area contributed by atoms with Crippen molar-refractivity contribution in [2.45, 2.75) is 111 Å². The van der Waals surface area contributed by atoms with Crippen LogP contribution in [-0.2, 0) is 11.3 Å². The van der Waals surface area contributed by atoms with Crippen LogP contribution in [0.5, 0.6) is 0 Å². The Bertz CT molecular complexity index is 1020. The fourth-order valence-electron chi connectivity index (χ4n) is 10.4. The standard InChI is InChI=1S/C32H47NO3/c1-19-5-9-27-21(15-19)18-33(27)29(36)10-6-20(2)24-7-8-25-30-26(12-14-32(24,25)4)31(3)13-11-23(34)16-22(31)17-28(30)35/h5,9,15,20,22-26,28,30,34-35H,6-8,10-14,16-18H2,1-4H3/t20-,22+,23-,24-,25+,26+,28-,30+,31+,32-/m1/s1. The highest BCUT2D eigenvalue weighted by Gasteiger charge is 2.62. The van der Waals surface area contributed by atoms with E-state index in [4.69, 9.17) is 0 Å². The van der Waals surface area contributed by atoms with Gasteiger partial charge in [0.25, 0.3) is 0 Å². The summed E-state index contributed by atoms with van der Waals surface area (Å²) in [6.45, 7) is 10.3. The fourth-order valence-corrected chi connectivity index (χ4v) is 10.4. The predicted molar refractivity (Wildman–Crippen MR) is 143 cm³/mol. The first kappa shape index (κ1) is 24.9. The minimum atomic E-state index is -0.214. The van der Waals surface area contributed by atoms with E-state index in [1.54, 1.807) is 0 Å². The maximum atomic E-state index is 13.1. The third kappa shape index (κ3) is 3.72. The van der Waals surface area contributed by atoms with E-state index in [0.717, 1.165) is 44.3 Å². The third-order valence-corrected chi connectivity index (χ3v) is 12.4. The smallest absolute Gasteiger partial charge is 0.227 e. The summed E-state index contributed by atoms with van der Waals surface area (Å²) < 4.78 is 0. The number of aryl methyl sites for hydroxylation is 1. The first-order chi connectivity index (χ1) is 17.1. The van der Waals surface area contributed by atoms with Crippen LogP contribution >= 0.6 is 0 Å². The van der Waals surface area contributed by atoms with Crippen molar-refractivity contribution >= 4 is 11.6 Å². The molecule has 4 aliphatic carbocycles. The molecule has 1 heterocycles. The molecule has 0 radical (unpaired) electrons. The number of fused-ring (bicyclic) bond motifs is 6. The molecule has 1 aromatic carbocycles. The Kier molecular flexibility index (Phi) is 6.11. The largest absolute Gasteiger partial charge is 0.393 e. The molecule has 36 heavy (non-hydrogen) atoms. The Morgan fingerprint density at radius 2 is 1.81 bits per heavy atom. The number of hydrogen-bond donors (Lipinski definition) is 2. The maximum absolute atomic E-state index is 13.1. The van der Waals surface area contributed by atoms with E-state index in [1.165, 1.54) is 36.8 Å². The molecule has 6 rings (SSSR count). The molecule has 0 unspecified atom stereocenters. The van der Waals surface area contributed by atoms with Crippen molar-refractivity contribution in [1.82, 2.24) is 0 Å². The summed E-state index contributed by atoms with van der Waals surface area (Å²) in [6.07, 6.45) is 10.0. The summed E-state index contributed by atoms with van der Waals surface area (Å²) in [5.41, 5.74) is 4.24. The monoisotopic (exact) mass is 493 g/mol. The third-order valence-electron chi connectivity index (χ3n) is 12.4. The Balaban J connectivity index is 1.12. The molecule has 0 saturated heterocycles. The first-order valence-electron chi connectivity index (χ1n) is 14.9. The van der Waals surface area contributed by atoms with Crippen LogP contribution in [0.25, 0.3) is 0 Å². The van der Waals surface area contributed by atoms with Crippen LogP contribution in [0.3, 0.4) is 0 Å². The normalized spacial score (nSPS) is 44.1. The Labute approximate surface area is 217 Å². The zero-order valence-corrected chi connectivity index (χ0v) is 22.9. The Morgan fingerprint density at radius 1 is 1.06 bits per heavy atom. The molecule has 4 nitrogen and oxygen atoms in total. The number of hydrogen-bond acceptors (Lipinski definition) is 3. The average molecular weight is 494 g/mol. The number of aliphatic hydroxyl groups excluding tert-OH is 2. The molecule has 198 valence electrons. The molecule has 5 aliphatic rings.